The number of nitrogens with one attached hydrogen (secondary N) is 1. The average molecular weight is 261 g/mol. The molecule has 0 atom stereocenters. The Balaban J connectivity index is 2.20. The van der Waals surface area contributed by atoms with Gasteiger partial charge in [0, 0.05) is 31.4 Å². The summed E-state index contributed by atoms with van der Waals surface area (Å²) in [4.78, 5) is 18.9. The van der Waals surface area contributed by atoms with Crippen LogP contribution < -0.4 is 5.32 Å². The van der Waals surface area contributed by atoms with E-state index in [0.717, 1.165) is 42.5 Å². The van der Waals surface area contributed by atoms with E-state index in [1.165, 1.54) is 12.8 Å². The van der Waals surface area contributed by atoms with Crippen LogP contribution in [-0.4, -0.2) is 35.9 Å². The second-order valence-corrected chi connectivity index (χ2v) is 5.12. The number of amides is 1. The Kier molecular flexibility index (Phi) is 4.40. The van der Waals surface area contributed by atoms with E-state index in [1.54, 1.807) is 0 Å². The van der Waals surface area contributed by atoms with Crippen LogP contribution in [0, 0.1) is 5.92 Å². The number of nitrogens with zero attached hydrogens (tertiary/aromatic N) is 2. The highest BCUT2D eigenvalue weighted by molar-refractivity contribution is 5.95. The van der Waals surface area contributed by atoms with Gasteiger partial charge in [0.25, 0.3) is 5.91 Å². The van der Waals surface area contributed by atoms with E-state index < -0.39 is 0 Å². The van der Waals surface area contributed by atoms with E-state index in [4.69, 9.17) is 0 Å². The zero-order valence-electron chi connectivity index (χ0n) is 12.1. The van der Waals surface area contributed by atoms with Crippen molar-refractivity contribution in [3.05, 3.63) is 23.4 Å². The minimum absolute atomic E-state index is 0.128. The molecule has 1 aromatic heterocycles. The van der Waals surface area contributed by atoms with Crippen LogP contribution in [0.3, 0.4) is 0 Å². The monoisotopic (exact) mass is 261 g/mol. The smallest absolute Gasteiger partial charge is 0.254 e. The fourth-order valence-electron chi connectivity index (χ4n) is 2.17. The molecule has 0 saturated heterocycles. The molecule has 1 aromatic rings. The Morgan fingerprint density at radius 2 is 2.16 bits per heavy atom. The van der Waals surface area contributed by atoms with Gasteiger partial charge in [-0.3, -0.25) is 4.79 Å². The normalized spacial score (nSPS) is 14.3. The number of anilines is 1. The lowest BCUT2D eigenvalue weighted by Gasteiger charge is -2.21. The first kappa shape index (κ1) is 13.8. The third kappa shape index (κ3) is 3.46. The van der Waals surface area contributed by atoms with Crippen LogP contribution >= 0.6 is 0 Å². The molecule has 0 bridgehead atoms. The minimum Gasteiger partial charge on any atom is -0.373 e. The van der Waals surface area contributed by atoms with Crippen LogP contribution in [0.1, 0.15) is 42.7 Å². The summed E-state index contributed by atoms with van der Waals surface area (Å²) < 4.78 is 0. The molecule has 19 heavy (non-hydrogen) atoms. The van der Waals surface area contributed by atoms with Gasteiger partial charge in [0.15, 0.2) is 0 Å². The Morgan fingerprint density at radius 1 is 1.42 bits per heavy atom. The molecule has 1 amide bonds. The SMILES string of the molecule is CCc1cc(C(=O)N(CC)CC2CC2)cc(NC)n1. The van der Waals surface area contributed by atoms with Crippen LogP contribution in [-0.2, 0) is 6.42 Å². The first-order valence-corrected chi connectivity index (χ1v) is 7.15. The molecule has 1 aliphatic rings. The predicted molar refractivity (Wildman–Crippen MR) is 77.5 cm³/mol. The lowest BCUT2D eigenvalue weighted by atomic mass is 10.1. The molecule has 1 heterocycles. The molecule has 0 radical (unpaired) electrons. The van der Waals surface area contributed by atoms with Crippen LogP contribution in [0.5, 0.6) is 0 Å². The van der Waals surface area contributed by atoms with Gasteiger partial charge in [-0.05, 0) is 44.2 Å². The number of hydrogen-bond acceptors (Lipinski definition) is 3. The van der Waals surface area contributed by atoms with Crippen LogP contribution in [0.25, 0.3) is 0 Å². The van der Waals surface area contributed by atoms with Gasteiger partial charge in [-0.15, -0.1) is 0 Å². The Hall–Kier alpha value is -1.58. The summed E-state index contributed by atoms with van der Waals surface area (Å²) >= 11 is 0. The number of carbonyl (C=O) groups excluding carboxylic acids is 1. The molecule has 1 N–H and O–H groups in total. The van der Waals surface area contributed by atoms with Crippen molar-refractivity contribution in [2.45, 2.75) is 33.1 Å². The van der Waals surface area contributed by atoms with Crippen molar-refractivity contribution in [1.82, 2.24) is 9.88 Å². The highest BCUT2D eigenvalue weighted by Crippen LogP contribution is 2.30. The number of rotatable bonds is 6. The van der Waals surface area contributed by atoms with E-state index in [2.05, 4.69) is 17.2 Å². The predicted octanol–water partition coefficient (Wildman–Crippen LogP) is 2.56. The quantitative estimate of drug-likeness (QED) is 0.856. The molecule has 0 aliphatic heterocycles. The van der Waals surface area contributed by atoms with E-state index in [9.17, 15) is 4.79 Å². The highest BCUT2D eigenvalue weighted by Gasteiger charge is 2.26. The van der Waals surface area contributed by atoms with Gasteiger partial charge in [-0.25, -0.2) is 4.98 Å². The molecular weight excluding hydrogens is 238 g/mol. The first-order chi connectivity index (χ1) is 9.17. The minimum atomic E-state index is 0.128. The number of pyridine rings is 1. The maximum atomic E-state index is 12.5. The standard InChI is InChI=1S/C15H23N3O/c1-4-13-8-12(9-14(16-3)17-13)15(19)18(5-2)10-11-6-7-11/h8-9,11H,4-7,10H2,1-3H3,(H,16,17). The third-order valence-corrected chi connectivity index (χ3v) is 3.59. The number of aryl methyl sites for hydroxylation is 1. The number of carbonyl (C=O) groups is 1. The van der Waals surface area contributed by atoms with Crippen molar-refractivity contribution in [3.8, 4) is 0 Å². The molecule has 0 unspecified atom stereocenters. The van der Waals surface area contributed by atoms with E-state index in [0.29, 0.717) is 0 Å². The van der Waals surface area contributed by atoms with Crippen molar-refractivity contribution in [2.24, 2.45) is 5.92 Å². The highest BCUT2D eigenvalue weighted by atomic mass is 16.2. The van der Waals surface area contributed by atoms with Gasteiger partial charge < -0.3 is 10.2 Å². The molecule has 1 aliphatic carbocycles. The van der Waals surface area contributed by atoms with Crippen molar-refractivity contribution < 1.29 is 4.79 Å². The lowest BCUT2D eigenvalue weighted by molar-refractivity contribution is 0.0756. The summed E-state index contributed by atoms with van der Waals surface area (Å²) in [6, 6.07) is 3.76. The second-order valence-electron chi connectivity index (χ2n) is 5.12. The summed E-state index contributed by atoms with van der Waals surface area (Å²) in [7, 11) is 1.83. The topological polar surface area (TPSA) is 45.2 Å². The van der Waals surface area contributed by atoms with Gasteiger partial charge >= 0.3 is 0 Å². The number of hydrogen-bond donors (Lipinski definition) is 1. The zero-order chi connectivity index (χ0) is 13.8. The zero-order valence-corrected chi connectivity index (χ0v) is 12.1. The molecule has 0 aromatic carbocycles. The summed E-state index contributed by atoms with van der Waals surface area (Å²) in [5.74, 6) is 1.62. The molecule has 4 heteroatoms. The van der Waals surface area contributed by atoms with Gasteiger partial charge in [0.05, 0.1) is 0 Å². The molecule has 104 valence electrons. The molecule has 2 rings (SSSR count). The molecule has 0 spiro atoms. The van der Waals surface area contributed by atoms with E-state index in [-0.39, 0.29) is 5.91 Å². The van der Waals surface area contributed by atoms with Gasteiger partial charge in [-0.1, -0.05) is 6.92 Å². The molecule has 1 saturated carbocycles. The second kappa shape index (κ2) is 6.04. The maximum Gasteiger partial charge on any atom is 0.254 e. The first-order valence-electron chi connectivity index (χ1n) is 7.15. The van der Waals surface area contributed by atoms with E-state index in [1.807, 2.05) is 31.0 Å². The summed E-state index contributed by atoms with van der Waals surface area (Å²) in [5.41, 5.74) is 1.70. The van der Waals surface area contributed by atoms with Crippen molar-refractivity contribution in [1.29, 1.82) is 0 Å². The van der Waals surface area contributed by atoms with Gasteiger partial charge in [-0.2, -0.15) is 0 Å². The molecular formula is C15H23N3O. The lowest BCUT2D eigenvalue weighted by Crippen LogP contribution is -2.32. The van der Waals surface area contributed by atoms with Crippen molar-refractivity contribution in [3.63, 3.8) is 0 Å². The Bertz CT molecular complexity index is 432. The largest absolute Gasteiger partial charge is 0.373 e. The van der Waals surface area contributed by atoms with Gasteiger partial charge in [0.2, 0.25) is 0 Å². The maximum absolute atomic E-state index is 12.5. The average Bonchev–Trinajstić information content (AvgIpc) is 3.27. The Labute approximate surface area is 115 Å². The van der Waals surface area contributed by atoms with Crippen LogP contribution in [0.2, 0.25) is 0 Å². The summed E-state index contributed by atoms with van der Waals surface area (Å²) in [5, 5.41) is 3.03. The van der Waals surface area contributed by atoms with Crippen molar-refractivity contribution in [2.75, 3.05) is 25.5 Å². The summed E-state index contributed by atoms with van der Waals surface area (Å²) in [6.07, 6.45) is 3.37. The molecule has 4 nitrogen and oxygen atoms in total. The van der Waals surface area contributed by atoms with Crippen LogP contribution in [0.4, 0.5) is 5.82 Å². The van der Waals surface area contributed by atoms with Crippen molar-refractivity contribution >= 4 is 11.7 Å². The fraction of sp³-hybridized carbons (Fsp3) is 0.600. The number of aromatic nitrogens is 1. The fourth-order valence-corrected chi connectivity index (χ4v) is 2.17. The summed E-state index contributed by atoms with van der Waals surface area (Å²) in [6.45, 7) is 5.76. The third-order valence-electron chi connectivity index (χ3n) is 3.59. The van der Waals surface area contributed by atoms with E-state index >= 15 is 0 Å². The Morgan fingerprint density at radius 3 is 2.68 bits per heavy atom. The van der Waals surface area contributed by atoms with Gasteiger partial charge in [0.1, 0.15) is 5.82 Å². The molecule has 1 fully saturated rings. The van der Waals surface area contributed by atoms with Crippen LogP contribution in [0.15, 0.2) is 12.1 Å².